The minimum atomic E-state index is -0.170. The van der Waals surface area contributed by atoms with Gasteiger partial charge in [0.05, 0.1) is 12.2 Å². The number of benzene rings is 2. The number of hydrogen-bond donors (Lipinski definition) is 2. The molecule has 3 aromatic rings. The predicted molar refractivity (Wildman–Crippen MR) is 109 cm³/mol. The lowest BCUT2D eigenvalue weighted by Gasteiger charge is -2.09. The van der Waals surface area contributed by atoms with Gasteiger partial charge in [-0.25, -0.2) is 4.98 Å². The molecule has 6 nitrogen and oxygen atoms in total. The highest BCUT2D eigenvalue weighted by molar-refractivity contribution is 5.94. The predicted octanol–water partition coefficient (Wildman–Crippen LogP) is 3.78. The maximum atomic E-state index is 11.9. The highest BCUT2D eigenvalue weighted by Gasteiger charge is 2.05. The van der Waals surface area contributed by atoms with E-state index in [2.05, 4.69) is 15.6 Å². The normalized spacial score (nSPS) is 10.3. The fraction of sp³-hybridized carbons (Fsp3) is 0.182. The van der Waals surface area contributed by atoms with Crippen LogP contribution in [0.1, 0.15) is 15.9 Å². The molecule has 0 radical (unpaired) electrons. The van der Waals surface area contributed by atoms with Crippen LogP contribution in [0.15, 0.2) is 72.9 Å². The molecule has 0 unspecified atom stereocenters. The molecular formula is C22H23N3O3. The molecule has 0 atom stereocenters. The van der Waals surface area contributed by atoms with Gasteiger partial charge in [0, 0.05) is 25.5 Å². The number of aromatic nitrogens is 1. The Balaban J connectivity index is 1.51. The summed E-state index contributed by atoms with van der Waals surface area (Å²) in [4.78, 5) is 16.2. The van der Waals surface area contributed by atoms with Crippen LogP contribution in [0.4, 0.5) is 11.5 Å². The Bertz CT molecular complexity index is 866. The van der Waals surface area contributed by atoms with Crippen LogP contribution < -0.4 is 15.4 Å². The molecule has 0 saturated heterocycles. The number of anilines is 2. The number of rotatable bonds is 9. The lowest BCUT2D eigenvalue weighted by atomic mass is 10.2. The summed E-state index contributed by atoms with van der Waals surface area (Å²) in [6, 6.07) is 21.2. The fourth-order valence-corrected chi connectivity index (χ4v) is 2.49. The van der Waals surface area contributed by atoms with Gasteiger partial charge < -0.3 is 20.1 Å². The van der Waals surface area contributed by atoms with Crippen LogP contribution in [-0.4, -0.2) is 31.2 Å². The lowest BCUT2D eigenvalue weighted by molar-refractivity contribution is 0.0937. The van der Waals surface area contributed by atoms with Gasteiger partial charge in [0.15, 0.2) is 0 Å². The van der Waals surface area contributed by atoms with Crippen LogP contribution >= 0.6 is 0 Å². The number of pyridine rings is 1. The van der Waals surface area contributed by atoms with Gasteiger partial charge in [-0.15, -0.1) is 0 Å². The van der Waals surface area contributed by atoms with Gasteiger partial charge in [0.1, 0.15) is 18.2 Å². The zero-order chi connectivity index (χ0) is 19.6. The van der Waals surface area contributed by atoms with E-state index >= 15 is 0 Å². The molecule has 2 aromatic carbocycles. The molecule has 2 N–H and O–H groups in total. The molecular weight excluding hydrogens is 354 g/mol. The van der Waals surface area contributed by atoms with E-state index in [0.29, 0.717) is 31.1 Å². The van der Waals surface area contributed by atoms with Gasteiger partial charge in [-0.05, 0) is 42.0 Å². The van der Waals surface area contributed by atoms with E-state index in [0.717, 1.165) is 17.0 Å². The number of methoxy groups -OCH3 is 1. The Morgan fingerprint density at radius 1 is 1.00 bits per heavy atom. The Labute approximate surface area is 164 Å². The first-order chi connectivity index (χ1) is 13.7. The molecule has 0 aliphatic heterocycles. The Morgan fingerprint density at radius 3 is 2.46 bits per heavy atom. The molecule has 0 spiro atoms. The van der Waals surface area contributed by atoms with Crippen molar-refractivity contribution in [3.63, 3.8) is 0 Å². The Morgan fingerprint density at radius 2 is 1.79 bits per heavy atom. The van der Waals surface area contributed by atoms with E-state index in [-0.39, 0.29) is 5.91 Å². The number of hydrogen-bond acceptors (Lipinski definition) is 5. The molecule has 0 aliphatic carbocycles. The molecule has 6 heteroatoms. The van der Waals surface area contributed by atoms with Crippen LogP contribution in [0.2, 0.25) is 0 Å². The van der Waals surface area contributed by atoms with E-state index in [1.165, 1.54) is 0 Å². The van der Waals surface area contributed by atoms with Crippen LogP contribution in [0.25, 0.3) is 0 Å². The average molecular weight is 377 g/mol. The first-order valence-electron chi connectivity index (χ1n) is 9.01. The molecule has 1 amide bonds. The highest BCUT2D eigenvalue weighted by Crippen LogP contribution is 2.20. The first kappa shape index (κ1) is 19.4. The fourth-order valence-electron chi connectivity index (χ4n) is 2.49. The van der Waals surface area contributed by atoms with Crippen molar-refractivity contribution in [1.29, 1.82) is 0 Å². The molecule has 0 aliphatic rings. The summed E-state index contributed by atoms with van der Waals surface area (Å²) < 4.78 is 10.7. The van der Waals surface area contributed by atoms with Crippen molar-refractivity contribution >= 4 is 17.4 Å². The molecule has 1 heterocycles. The number of carbonyl (C=O) groups excluding carboxylic acids is 1. The molecule has 28 heavy (non-hydrogen) atoms. The molecule has 0 bridgehead atoms. The third-order valence-electron chi connectivity index (χ3n) is 3.99. The summed E-state index contributed by atoms with van der Waals surface area (Å²) in [6.45, 7) is 1.47. The monoisotopic (exact) mass is 377 g/mol. The first-order valence-corrected chi connectivity index (χ1v) is 9.01. The van der Waals surface area contributed by atoms with Gasteiger partial charge in [-0.3, -0.25) is 4.79 Å². The van der Waals surface area contributed by atoms with Gasteiger partial charge in [0.25, 0.3) is 5.91 Å². The topological polar surface area (TPSA) is 72.5 Å². The summed E-state index contributed by atoms with van der Waals surface area (Å²) in [5.74, 6) is 1.29. The summed E-state index contributed by atoms with van der Waals surface area (Å²) in [6.07, 6.45) is 1.54. The second kappa shape index (κ2) is 10.1. The quantitative estimate of drug-likeness (QED) is 0.555. The van der Waals surface area contributed by atoms with E-state index in [9.17, 15) is 4.79 Å². The summed E-state index contributed by atoms with van der Waals surface area (Å²) in [7, 11) is 1.59. The van der Waals surface area contributed by atoms with Crippen molar-refractivity contribution in [3.8, 4) is 5.75 Å². The average Bonchev–Trinajstić information content (AvgIpc) is 2.75. The van der Waals surface area contributed by atoms with Gasteiger partial charge in [-0.1, -0.05) is 30.3 Å². The second-order valence-corrected chi connectivity index (χ2v) is 6.10. The summed E-state index contributed by atoms with van der Waals surface area (Å²) in [5, 5.41) is 5.97. The minimum absolute atomic E-state index is 0.170. The van der Waals surface area contributed by atoms with Crippen molar-refractivity contribution in [2.24, 2.45) is 0 Å². The third kappa shape index (κ3) is 5.82. The second-order valence-electron chi connectivity index (χ2n) is 6.10. The number of nitrogens with zero attached hydrogens (tertiary/aromatic N) is 1. The van der Waals surface area contributed by atoms with E-state index in [1.807, 2.05) is 54.6 Å². The van der Waals surface area contributed by atoms with Crippen molar-refractivity contribution < 1.29 is 14.3 Å². The number of carbonyl (C=O) groups is 1. The van der Waals surface area contributed by atoms with Crippen molar-refractivity contribution in [2.75, 3.05) is 25.6 Å². The van der Waals surface area contributed by atoms with Crippen molar-refractivity contribution in [2.45, 2.75) is 6.61 Å². The zero-order valence-electron chi connectivity index (χ0n) is 15.7. The standard InChI is InChI=1S/C22H23N3O3/c1-27-14-13-23-22(26)18-7-12-21(24-15-18)25-19-8-10-20(11-9-19)28-16-17-5-3-2-4-6-17/h2-12,15H,13-14,16H2,1H3,(H,23,26)(H,24,25). The van der Waals surface area contributed by atoms with Crippen molar-refractivity contribution in [1.82, 2.24) is 10.3 Å². The van der Waals surface area contributed by atoms with Crippen molar-refractivity contribution in [3.05, 3.63) is 84.1 Å². The third-order valence-corrected chi connectivity index (χ3v) is 3.99. The van der Waals surface area contributed by atoms with Gasteiger partial charge in [-0.2, -0.15) is 0 Å². The van der Waals surface area contributed by atoms with E-state index in [4.69, 9.17) is 9.47 Å². The smallest absolute Gasteiger partial charge is 0.252 e. The molecule has 144 valence electrons. The zero-order valence-corrected chi connectivity index (χ0v) is 15.7. The Kier molecular flexibility index (Phi) is 6.98. The van der Waals surface area contributed by atoms with Crippen LogP contribution in [0, 0.1) is 0 Å². The molecule has 0 saturated carbocycles. The van der Waals surface area contributed by atoms with Gasteiger partial charge in [0.2, 0.25) is 0 Å². The van der Waals surface area contributed by atoms with Crippen LogP contribution in [-0.2, 0) is 11.3 Å². The van der Waals surface area contributed by atoms with E-state index in [1.54, 1.807) is 25.4 Å². The maximum absolute atomic E-state index is 11.9. The maximum Gasteiger partial charge on any atom is 0.252 e. The number of nitrogens with one attached hydrogen (secondary N) is 2. The number of amides is 1. The van der Waals surface area contributed by atoms with Crippen LogP contribution in [0.3, 0.4) is 0 Å². The SMILES string of the molecule is COCCNC(=O)c1ccc(Nc2ccc(OCc3ccccc3)cc2)nc1. The summed E-state index contributed by atoms with van der Waals surface area (Å²) in [5.41, 5.74) is 2.52. The van der Waals surface area contributed by atoms with Gasteiger partial charge >= 0.3 is 0 Å². The molecule has 0 fully saturated rings. The highest BCUT2D eigenvalue weighted by atomic mass is 16.5. The van der Waals surface area contributed by atoms with E-state index < -0.39 is 0 Å². The largest absolute Gasteiger partial charge is 0.489 e. The lowest BCUT2D eigenvalue weighted by Crippen LogP contribution is -2.26. The molecule has 3 rings (SSSR count). The molecule has 1 aromatic heterocycles. The summed E-state index contributed by atoms with van der Waals surface area (Å²) >= 11 is 0. The Hall–Kier alpha value is -3.38. The van der Waals surface area contributed by atoms with Crippen LogP contribution in [0.5, 0.6) is 5.75 Å². The minimum Gasteiger partial charge on any atom is -0.489 e. The number of ether oxygens (including phenoxy) is 2.